The van der Waals surface area contributed by atoms with Crippen molar-refractivity contribution in [2.45, 2.75) is 64.0 Å². The van der Waals surface area contributed by atoms with Gasteiger partial charge in [-0.1, -0.05) is 0 Å². The van der Waals surface area contributed by atoms with Crippen molar-refractivity contribution in [2.75, 3.05) is 6.54 Å². The third kappa shape index (κ3) is 5.58. The molecule has 128 valence electrons. The van der Waals surface area contributed by atoms with Crippen LogP contribution in [0.2, 0.25) is 0 Å². The van der Waals surface area contributed by atoms with Gasteiger partial charge in [0, 0.05) is 24.3 Å². The summed E-state index contributed by atoms with van der Waals surface area (Å²) >= 11 is 0. The Morgan fingerprint density at radius 2 is 2.17 bits per heavy atom. The third-order valence-corrected chi connectivity index (χ3v) is 3.79. The van der Waals surface area contributed by atoms with Crippen LogP contribution in [0.4, 0.5) is 4.79 Å². The number of amides is 2. The second kappa shape index (κ2) is 7.48. The van der Waals surface area contributed by atoms with E-state index in [0.29, 0.717) is 13.0 Å². The Hall–Kier alpha value is -2.05. The van der Waals surface area contributed by atoms with E-state index >= 15 is 0 Å². The van der Waals surface area contributed by atoms with Crippen LogP contribution in [-0.2, 0) is 9.53 Å². The van der Waals surface area contributed by atoms with Gasteiger partial charge in [-0.15, -0.1) is 0 Å². The molecule has 0 radical (unpaired) electrons. The number of carbonyl (C=O) groups excluding carboxylic acids is 2. The predicted molar refractivity (Wildman–Crippen MR) is 86.0 cm³/mol. The number of carbonyl (C=O) groups is 2. The first-order valence-electron chi connectivity index (χ1n) is 8.11. The number of hydrogen-bond acceptors (Lipinski definition) is 4. The van der Waals surface area contributed by atoms with Crippen molar-refractivity contribution in [2.24, 2.45) is 0 Å². The molecule has 1 unspecified atom stereocenters. The number of nitrogens with one attached hydrogen (secondary N) is 3. The summed E-state index contributed by atoms with van der Waals surface area (Å²) in [5.74, 6) is -0.341. The molecule has 1 aliphatic rings. The molecule has 0 bridgehead atoms. The third-order valence-electron chi connectivity index (χ3n) is 3.79. The van der Waals surface area contributed by atoms with Gasteiger partial charge in [-0.2, -0.15) is 5.10 Å². The molecule has 0 aromatic carbocycles. The van der Waals surface area contributed by atoms with E-state index in [1.807, 2.05) is 20.8 Å². The molecule has 0 aliphatic heterocycles. The summed E-state index contributed by atoms with van der Waals surface area (Å²) < 4.78 is 5.19. The number of aromatic amines is 1. The van der Waals surface area contributed by atoms with Crippen molar-refractivity contribution in [1.29, 1.82) is 0 Å². The average molecular weight is 322 g/mol. The van der Waals surface area contributed by atoms with E-state index in [0.717, 1.165) is 18.4 Å². The largest absolute Gasteiger partial charge is 0.444 e. The maximum Gasteiger partial charge on any atom is 0.407 e. The molecule has 0 saturated heterocycles. The van der Waals surface area contributed by atoms with Crippen LogP contribution in [0, 0.1) is 0 Å². The lowest BCUT2D eigenvalue weighted by atomic mass is 9.91. The minimum atomic E-state index is -0.532. The van der Waals surface area contributed by atoms with Crippen molar-refractivity contribution >= 4 is 12.0 Å². The van der Waals surface area contributed by atoms with Crippen LogP contribution < -0.4 is 10.6 Å². The summed E-state index contributed by atoms with van der Waals surface area (Å²) in [6.07, 6.45) is 6.65. The maximum absolute atomic E-state index is 12.5. The Bertz CT molecular complexity index is 518. The summed E-state index contributed by atoms with van der Waals surface area (Å²) in [4.78, 5) is 24.1. The van der Waals surface area contributed by atoms with Crippen LogP contribution in [0.25, 0.3) is 0 Å². The van der Waals surface area contributed by atoms with Gasteiger partial charge in [0.25, 0.3) is 0 Å². The molecule has 1 fully saturated rings. The molecule has 7 heteroatoms. The number of H-pyrrole nitrogens is 1. The molecule has 2 amide bonds. The molecule has 3 N–H and O–H groups in total. The summed E-state index contributed by atoms with van der Waals surface area (Å²) in [5, 5.41) is 12.4. The van der Waals surface area contributed by atoms with Gasteiger partial charge in [0.1, 0.15) is 5.60 Å². The van der Waals surface area contributed by atoms with Crippen LogP contribution >= 0.6 is 0 Å². The minimum Gasteiger partial charge on any atom is -0.444 e. The van der Waals surface area contributed by atoms with Crippen LogP contribution in [0.1, 0.15) is 57.9 Å². The summed E-state index contributed by atoms with van der Waals surface area (Å²) in [7, 11) is 0. The fourth-order valence-corrected chi connectivity index (χ4v) is 2.39. The molecule has 7 nitrogen and oxygen atoms in total. The summed E-state index contributed by atoms with van der Waals surface area (Å²) in [6, 6.07) is 0.288. The quantitative estimate of drug-likeness (QED) is 0.747. The van der Waals surface area contributed by atoms with E-state index in [2.05, 4.69) is 20.8 Å². The monoisotopic (exact) mass is 322 g/mol. The number of ether oxygens (including phenoxy) is 1. The lowest BCUT2D eigenvalue weighted by Crippen LogP contribution is -2.42. The number of rotatable bonds is 6. The molecule has 1 aromatic heterocycles. The molecule has 1 atom stereocenters. The van der Waals surface area contributed by atoms with Crippen molar-refractivity contribution in [3.8, 4) is 0 Å². The highest BCUT2D eigenvalue weighted by Crippen LogP contribution is 2.22. The van der Waals surface area contributed by atoms with Crippen molar-refractivity contribution in [1.82, 2.24) is 20.8 Å². The lowest BCUT2D eigenvalue weighted by Gasteiger charge is -2.28. The zero-order valence-corrected chi connectivity index (χ0v) is 14.0. The second-order valence-corrected chi connectivity index (χ2v) is 6.94. The van der Waals surface area contributed by atoms with Gasteiger partial charge in [-0.3, -0.25) is 9.89 Å². The molecule has 1 saturated carbocycles. The van der Waals surface area contributed by atoms with Gasteiger partial charge < -0.3 is 15.4 Å². The Morgan fingerprint density at radius 3 is 2.70 bits per heavy atom. The number of hydrogen-bond donors (Lipinski definition) is 3. The van der Waals surface area contributed by atoms with E-state index in [1.165, 1.54) is 6.42 Å². The highest BCUT2D eigenvalue weighted by Gasteiger charge is 2.26. The first-order valence-corrected chi connectivity index (χ1v) is 8.11. The number of alkyl carbamates (subject to hydrolysis) is 1. The van der Waals surface area contributed by atoms with E-state index in [-0.39, 0.29) is 17.9 Å². The van der Waals surface area contributed by atoms with Crippen LogP contribution in [0.5, 0.6) is 0 Å². The Labute approximate surface area is 136 Å². The summed E-state index contributed by atoms with van der Waals surface area (Å²) in [6.45, 7) is 5.80. The van der Waals surface area contributed by atoms with Gasteiger partial charge in [-0.05, 0) is 46.5 Å². The smallest absolute Gasteiger partial charge is 0.407 e. The minimum absolute atomic E-state index is 0.0120. The normalized spacial score (nSPS) is 16.3. The molecule has 1 heterocycles. The van der Waals surface area contributed by atoms with Crippen molar-refractivity contribution in [3.63, 3.8) is 0 Å². The average Bonchev–Trinajstić information content (AvgIpc) is 2.90. The van der Waals surface area contributed by atoms with Gasteiger partial charge in [0.05, 0.1) is 12.1 Å². The first kappa shape index (κ1) is 17.3. The highest BCUT2D eigenvalue weighted by molar-refractivity contribution is 5.83. The lowest BCUT2D eigenvalue weighted by molar-refractivity contribution is -0.124. The second-order valence-electron chi connectivity index (χ2n) is 6.94. The molecule has 2 rings (SSSR count). The fourth-order valence-electron chi connectivity index (χ4n) is 2.39. The zero-order chi connectivity index (χ0) is 16.9. The van der Waals surface area contributed by atoms with Crippen molar-refractivity contribution in [3.05, 3.63) is 18.0 Å². The van der Waals surface area contributed by atoms with E-state index in [9.17, 15) is 9.59 Å². The Kier molecular flexibility index (Phi) is 5.63. The van der Waals surface area contributed by atoms with Crippen molar-refractivity contribution < 1.29 is 14.3 Å². The van der Waals surface area contributed by atoms with Gasteiger partial charge in [-0.25, -0.2) is 4.79 Å². The Balaban J connectivity index is 1.85. The SMILES string of the molecule is CC(C)(C)OC(=O)NCCC(C(=O)NC1CCC1)c1cn[nH]c1. The van der Waals surface area contributed by atoms with Crippen LogP contribution in [0.15, 0.2) is 12.4 Å². The summed E-state index contributed by atoms with van der Waals surface area (Å²) in [5.41, 5.74) is 0.295. The highest BCUT2D eigenvalue weighted by atomic mass is 16.6. The van der Waals surface area contributed by atoms with Gasteiger partial charge >= 0.3 is 6.09 Å². The van der Waals surface area contributed by atoms with Gasteiger partial charge in [0.15, 0.2) is 0 Å². The van der Waals surface area contributed by atoms with Crippen LogP contribution in [0.3, 0.4) is 0 Å². The molecule has 1 aliphatic carbocycles. The molecule has 0 spiro atoms. The molecular weight excluding hydrogens is 296 g/mol. The van der Waals surface area contributed by atoms with E-state index < -0.39 is 11.7 Å². The molecule has 1 aromatic rings. The number of aromatic nitrogens is 2. The number of nitrogens with zero attached hydrogens (tertiary/aromatic N) is 1. The standard InChI is InChI=1S/C16H26N4O3/c1-16(2,3)23-15(22)17-8-7-13(11-9-18-19-10-11)14(21)20-12-5-4-6-12/h9-10,12-13H,4-8H2,1-3H3,(H,17,22)(H,18,19)(H,20,21). The Morgan fingerprint density at radius 1 is 1.43 bits per heavy atom. The molecular formula is C16H26N4O3. The van der Waals surface area contributed by atoms with Gasteiger partial charge in [0.2, 0.25) is 5.91 Å². The van der Waals surface area contributed by atoms with Crippen LogP contribution in [-0.4, -0.2) is 40.4 Å². The fraction of sp³-hybridized carbons (Fsp3) is 0.688. The van der Waals surface area contributed by atoms with E-state index in [4.69, 9.17) is 4.74 Å². The molecule has 23 heavy (non-hydrogen) atoms. The maximum atomic E-state index is 12.5. The van der Waals surface area contributed by atoms with E-state index in [1.54, 1.807) is 12.4 Å². The topological polar surface area (TPSA) is 96.1 Å². The zero-order valence-electron chi connectivity index (χ0n) is 14.0. The first-order chi connectivity index (χ1) is 10.8. The predicted octanol–water partition coefficient (Wildman–Crippen LogP) is 2.08.